The standard InChI is InChI=1S/C69H51N3/c1-68(2)58-35-20-19-34-57(58)65-60(68)37-22-38-63(65)72(53-40-42-56-55-33-18-21-36-59(55)69(61(56)45-53,50-29-14-6-15-30-50)51-31-16-7-17-32-51)52-39-41-54-49(43-52)44-62(46-23-8-3-9-24-46)71-67(54)64(47-25-10-4-11-26-47)66(70)48-27-12-5-13-28-48/h3-45,70-71H,1-2H3/b67-64-,70-66?. The van der Waals surface area contributed by atoms with Crippen molar-refractivity contribution in [1.82, 2.24) is 5.32 Å². The first-order valence-electron chi connectivity index (χ1n) is 24.9. The normalized spacial score (nSPS) is 14.9. The second-order valence-corrected chi connectivity index (χ2v) is 19.6. The van der Waals surface area contributed by atoms with E-state index in [0.717, 1.165) is 61.8 Å². The van der Waals surface area contributed by atoms with Crippen LogP contribution in [0.15, 0.2) is 255 Å². The van der Waals surface area contributed by atoms with E-state index in [-0.39, 0.29) is 5.41 Å². The molecule has 3 aliphatic rings. The summed E-state index contributed by atoms with van der Waals surface area (Å²) >= 11 is 0. The highest BCUT2D eigenvalue weighted by atomic mass is 15.1. The van der Waals surface area contributed by atoms with Gasteiger partial charge in [-0.2, -0.15) is 0 Å². The predicted molar refractivity (Wildman–Crippen MR) is 300 cm³/mol. The Morgan fingerprint density at radius 1 is 0.431 bits per heavy atom. The maximum atomic E-state index is 9.91. The third-order valence-corrected chi connectivity index (χ3v) is 15.4. The fourth-order valence-corrected chi connectivity index (χ4v) is 12.1. The molecule has 0 radical (unpaired) electrons. The molecule has 1 heterocycles. The zero-order valence-electron chi connectivity index (χ0n) is 40.3. The van der Waals surface area contributed by atoms with Gasteiger partial charge in [0.1, 0.15) is 0 Å². The van der Waals surface area contributed by atoms with Crippen molar-refractivity contribution >= 4 is 45.8 Å². The van der Waals surface area contributed by atoms with Crippen LogP contribution in [0.3, 0.4) is 0 Å². The topological polar surface area (TPSA) is 39.1 Å². The zero-order chi connectivity index (χ0) is 48.4. The Labute approximate surface area is 422 Å². The third kappa shape index (κ3) is 6.69. The van der Waals surface area contributed by atoms with Crippen molar-refractivity contribution in [1.29, 1.82) is 5.41 Å². The van der Waals surface area contributed by atoms with Gasteiger partial charge in [0.25, 0.3) is 0 Å². The molecule has 0 amide bonds. The molecule has 10 aromatic carbocycles. The number of hydrogen-bond donors (Lipinski definition) is 2. The van der Waals surface area contributed by atoms with Gasteiger partial charge >= 0.3 is 0 Å². The van der Waals surface area contributed by atoms with Gasteiger partial charge in [0.05, 0.1) is 22.5 Å². The van der Waals surface area contributed by atoms with Crippen molar-refractivity contribution in [2.24, 2.45) is 0 Å². The molecule has 13 rings (SSSR count). The summed E-state index contributed by atoms with van der Waals surface area (Å²) in [6.07, 6.45) is 2.29. The van der Waals surface area contributed by atoms with Gasteiger partial charge in [-0.3, -0.25) is 5.41 Å². The van der Waals surface area contributed by atoms with Crippen LogP contribution in [0.1, 0.15) is 75.0 Å². The molecule has 0 bridgehead atoms. The van der Waals surface area contributed by atoms with Gasteiger partial charge in [0.15, 0.2) is 0 Å². The van der Waals surface area contributed by atoms with Gasteiger partial charge in [-0.1, -0.05) is 238 Å². The first-order valence-corrected chi connectivity index (χ1v) is 24.9. The number of hydrogen-bond acceptors (Lipinski definition) is 3. The average molecular weight is 922 g/mol. The highest BCUT2D eigenvalue weighted by Crippen LogP contribution is 2.59. The lowest BCUT2D eigenvalue weighted by Gasteiger charge is -2.35. The van der Waals surface area contributed by atoms with E-state index < -0.39 is 5.41 Å². The second-order valence-electron chi connectivity index (χ2n) is 19.6. The molecule has 342 valence electrons. The van der Waals surface area contributed by atoms with Gasteiger partial charge in [-0.25, -0.2) is 0 Å². The molecule has 10 aromatic rings. The summed E-state index contributed by atoms with van der Waals surface area (Å²) in [5.41, 5.74) is 23.3. The Hall–Kier alpha value is -9.05. The Bertz CT molecular complexity index is 3760. The van der Waals surface area contributed by atoms with Gasteiger partial charge < -0.3 is 10.2 Å². The van der Waals surface area contributed by atoms with Gasteiger partial charge in [-0.05, 0) is 103 Å². The summed E-state index contributed by atoms with van der Waals surface area (Å²) in [6, 6.07) is 92.1. The molecule has 0 spiro atoms. The van der Waals surface area contributed by atoms with Crippen LogP contribution in [0.2, 0.25) is 0 Å². The van der Waals surface area contributed by atoms with Crippen LogP contribution in [0.25, 0.3) is 45.3 Å². The lowest BCUT2D eigenvalue weighted by Crippen LogP contribution is -2.28. The Kier molecular flexibility index (Phi) is 10.2. The monoisotopic (exact) mass is 921 g/mol. The van der Waals surface area contributed by atoms with E-state index in [4.69, 9.17) is 0 Å². The molecule has 0 atom stereocenters. The molecule has 0 fully saturated rings. The van der Waals surface area contributed by atoms with Gasteiger partial charge in [0.2, 0.25) is 0 Å². The fraction of sp³-hybridized carbons (Fsp3) is 0.0580. The number of rotatable bonds is 9. The number of nitrogens with one attached hydrogen (secondary N) is 2. The maximum Gasteiger partial charge on any atom is 0.0714 e. The van der Waals surface area contributed by atoms with Crippen LogP contribution < -0.4 is 10.2 Å². The quantitative estimate of drug-likeness (QED) is 0.142. The van der Waals surface area contributed by atoms with Crippen molar-refractivity contribution in [2.75, 3.05) is 4.90 Å². The number of allylic oxidation sites excluding steroid dienone is 1. The smallest absolute Gasteiger partial charge is 0.0714 e. The van der Waals surface area contributed by atoms with E-state index in [1.165, 1.54) is 55.6 Å². The largest absolute Gasteiger partial charge is 0.354 e. The van der Waals surface area contributed by atoms with Gasteiger partial charge in [0, 0.05) is 44.8 Å². The molecular formula is C69H51N3. The van der Waals surface area contributed by atoms with Crippen molar-refractivity contribution < 1.29 is 0 Å². The molecular weight excluding hydrogens is 871 g/mol. The maximum absolute atomic E-state index is 9.91. The van der Waals surface area contributed by atoms with Crippen molar-refractivity contribution in [3.05, 3.63) is 316 Å². The van der Waals surface area contributed by atoms with E-state index in [1.54, 1.807) is 0 Å². The highest BCUT2D eigenvalue weighted by molar-refractivity contribution is 6.36. The summed E-state index contributed by atoms with van der Waals surface area (Å²) < 4.78 is 0. The minimum absolute atomic E-state index is 0.200. The SMILES string of the molecule is CC1(C)c2ccccc2-c2c(N(c3ccc4c(c3)C=C(c3ccccc3)N/C4=C(\C(=N)c3ccccc3)c3ccccc3)c3ccc4c(c3)C(c3ccccc3)(c3ccccc3)c3ccccc3-4)cccc21. The molecule has 0 unspecified atom stereocenters. The lowest BCUT2D eigenvalue weighted by molar-refractivity contribution is 0.660. The summed E-state index contributed by atoms with van der Waals surface area (Å²) in [5.74, 6) is 0. The lowest BCUT2D eigenvalue weighted by atomic mass is 9.67. The minimum Gasteiger partial charge on any atom is -0.354 e. The average Bonchev–Trinajstić information content (AvgIpc) is 3.87. The van der Waals surface area contributed by atoms with Gasteiger partial charge in [-0.15, -0.1) is 0 Å². The Balaban J connectivity index is 1.10. The molecule has 0 aromatic heterocycles. The van der Waals surface area contributed by atoms with Crippen LogP contribution >= 0.6 is 0 Å². The van der Waals surface area contributed by atoms with Crippen LogP contribution in [-0.4, -0.2) is 5.71 Å². The zero-order valence-corrected chi connectivity index (χ0v) is 40.3. The second kappa shape index (κ2) is 17.1. The summed E-state index contributed by atoms with van der Waals surface area (Å²) in [4.78, 5) is 2.51. The molecule has 2 N–H and O–H groups in total. The molecule has 72 heavy (non-hydrogen) atoms. The Morgan fingerprint density at radius 2 is 0.944 bits per heavy atom. The van der Waals surface area contributed by atoms with Crippen LogP contribution in [0, 0.1) is 5.41 Å². The van der Waals surface area contributed by atoms with E-state index >= 15 is 0 Å². The predicted octanol–water partition coefficient (Wildman–Crippen LogP) is 16.9. The van der Waals surface area contributed by atoms with E-state index in [0.29, 0.717) is 5.71 Å². The molecule has 0 saturated heterocycles. The number of anilines is 3. The van der Waals surface area contributed by atoms with Crippen LogP contribution in [0.4, 0.5) is 17.1 Å². The summed E-state index contributed by atoms with van der Waals surface area (Å²) in [5, 5.41) is 13.8. The van der Waals surface area contributed by atoms with Crippen LogP contribution in [0.5, 0.6) is 0 Å². The molecule has 0 saturated carbocycles. The molecule has 1 aliphatic heterocycles. The van der Waals surface area contributed by atoms with E-state index in [1.807, 2.05) is 36.4 Å². The van der Waals surface area contributed by atoms with E-state index in [9.17, 15) is 5.41 Å². The molecule has 3 heteroatoms. The number of benzene rings is 10. The van der Waals surface area contributed by atoms with E-state index in [2.05, 4.69) is 249 Å². The summed E-state index contributed by atoms with van der Waals surface area (Å²) in [7, 11) is 0. The fourth-order valence-electron chi connectivity index (χ4n) is 12.1. The third-order valence-electron chi connectivity index (χ3n) is 15.4. The number of fused-ring (bicyclic) bond motifs is 7. The highest BCUT2D eigenvalue weighted by Gasteiger charge is 2.46. The van der Waals surface area contributed by atoms with Crippen LogP contribution in [-0.2, 0) is 10.8 Å². The molecule has 2 aliphatic carbocycles. The number of nitrogens with zero attached hydrogens (tertiary/aromatic N) is 1. The van der Waals surface area contributed by atoms with Crippen molar-refractivity contribution in [2.45, 2.75) is 24.7 Å². The molecule has 3 nitrogen and oxygen atoms in total. The summed E-state index contributed by atoms with van der Waals surface area (Å²) in [6.45, 7) is 4.72. The van der Waals surface area contributed by atoms with Crippen molar-refractivity contribution in [3.8, 4) is 22.3 Å². The first kappa shape index (κ1) is 43.0. The Morgan fingerprint density at radius 3 is 1.61 bits per heavy atom. The minimum atomic E-state index is -0.574. The first-order chi connectivity index (χ1) is 35.4. The van der Waals surface area contributed by atoms with Crippen molar-refractivity contribution in [3.63, 3.8) is 0 Å².